The van der Waals surface area contributed by atoms with E-state index in [2.05, 4.69) is 21.8 Å². The molecule has 1 N–H and O–H groups in total. The second-order valence-electron chi connectivity index (χ2n) is 5.45. The monoisotopic (exact) mass is 384 g/mol. The highest BCUT2D eigenvalue weighted by atomic mass is 35.5. The smallest absolute Gasteiger partial charge is 0.263 e. The van der Waals surface area contributed by atoms with E-state index in [4.69, 9.17) is 16.3 Å². The van der Waals surface area contributed by atoms with E-state index in [0.717, 1.165) is 19.4 Å². The zero-order valence-corrected chi connectivity index (χ0v) is 15.9. The number of sulfonamides is 1. The van der Waals surface area contributed by atoms with Gasteiger partial charge in [0, 0.05) is 13.6 Å². The number of ether oxygens (including phenoxy) is 1. The summed E-state index contributed by atoms with van der Waals surface area (Å²) in [4.78, 5) is 1.99. The van der Waals surface area contributed by atoms with Crippen molar-refractivity contribution in [2.45, 2.75) is 24.7 Å². The lowest BCUT2D eigenvalue weighted by Gasteiger charge is -2.17. The molecule has 1 aromatic heterocycles. The van der Waals surface area contributed by atoms with Crippen molar-refractivity contribution in [1.29, 1.82) is 0 Å². The first-order chi connectivity index (χ1) is 11.9. The van der Waals surface area contributed by atoms with Gasteiger partial charge in [-0.3, -0.25) is 4.72 Å². The Morgan fingerprint density at radius 1 is 1.24 bits per heavy atom. The summed E-state index contributed by atoms with van der Waals surface area (Å²) in [5, 5.41) is 8.20. The van der Waals surface area contributed by atoms with Crippen molar-refractivity contribution in [3.8, 4) is 5.75 Å². The molecule has 0 saturated carbocycles. The van der Waals surface area contributed by atoms with Crippen LogP contribution in [0.4, 0.5) is 11.6 Å². The number of hydrogen-bond donors (Lipinski definition) is 1. The van der Waals surface area contributed by atoms with Crippen LogP contribution in [0.3, 0.4) is 0 Å². The lowest BCUT2D eigenvalue weighted by Crippen LogP contribution is -2.20. The number of halogens is 1. The summed E-state index contributed by atoms with van der Waals surface area (Å²) in [7, 11) is -0.434. The van der Waals surface area contributed by atoms with Gasteiger partial charge < -0.3 is 9.64 Å². The van der Waals surface area contributed by atoms with Crippen LogP contribution in [0.25, 0.3) is 0 Å². The third kappa shape index (κ3) is 4.96. The molecule has 7 nitrogen and oxygen atoms in total. The van der Waals surface area contributed by atoms with E-state index in [1.54, 1.807) is 12.1 Å². The fourth-order valence-corrected chi connectivity index (χ4v) is 3.45. The van der Waals surface area contributed by atoms with E-state index in [0.29, 0.717) is 11.6 Å². The molecule has 0 unspecified atom stereocenters. The molecule has 0 aliphatic rings. The first kappa shape index (κ1) is 19.3. The third-order valence-electron chi connectivity index (χ3n) is 3.56. The number of unbranched alkanes of at least 4 members (excludes halogenated alkanes) is 1. The first-order valence-electron chi connectivity index (χ1n) is 7.78. The fraction of sp³-hybridized carbons (Fsp3) is 0.375. The van der Waals surface area contributed by atoms with Gasteiger partial charge >= 0.3 is 0 Å². The summed E-state index contributed by atoms with van der Waals surface area (Å²) < 4.78 is 32.3. The number of anilines is 2. The molecule has 0 amide bonds. The van der Waals surface area contributed by atoms with Crippen LogP contribution in [-0.2, 0) is 10.0 Å². The lowest BCUT2D eigenvalue weighted by atomic mass is 10.3. The van der Waals surface area contributed by atoms with E-state index in [9.17, 15) is 8.42 Å². The number of rotatable bonds is 8. The predicted octanol–water partition coefficient (Wildman–Crippen LogP) is 3.18. The molecule has 1 aromatic carbocycles. The number of benzene rings is 1. The van der Waals surface area contributed by atoms with Crippen LogP contribution in [-0.4, -0.2) is 39.3 Å². The molecule has 0 radical (unpaired) electrons. The van der Waals surface area contributed by atoms with Gasteiger partial charge in [-0.05, 0) is 36.8 Å². The molecule has 0 bridgehead atoms. The average molecular weight is 385 g/mol. The van der Waals surface area contributed by atoms with Gasteiger partial charge in [0.05, 0.1) is 17.0 Å². The standard InChI is InChI=1S/C16H21ClN4O3S/c1-4-5-10-21(2)16-9-8-15(18-19-16)20-25(22,23)12-6-7-14(24-3)13(17)11-12/h6-9,11H,4-5,10H2,1-3H3,(H,18,20). The predicted molar refractivity (Wildman–Crippen MR) is 99.0 cm³/mol. The number of nitrogens with one attached hydrogen (secondary N) is 1. The van der Waals surface area contributed by atoms with Gasteiger partial charge in [-0.1, -0.05) is 24.9 Å². The second kappa shape index (κ2) is 8.35. The molecular formula is C16H21ClN4O3S. The topological polar surface area (TPSA) is 84.4 Å². The van der Waals surface area contributed by atoms with Crippen LogP contribution in [0.5, 0.6) is 5.75 Å². The van der Waals surface area contributed by atoms with Gasteiger partial charge in [-0.25, -0.2) is 8.42 Å². The highest BCUT2D eigenvalue weighted by Gasteiger charge is 2.17. The molecule has 136 valence electrons. The van der Waals surface area contributed by atoms with Crippen molar-refractivity contribution >= 4 is 33.3 Å². The lowest BCUT2D eigenvalue weighted by molar-refractivity contribution is 0.414. The third-order valence-corrected chi connectivity index (χ3v) is 5.21. The van der Waals surface area contributed by atoms with E-state index in [-0.39, 0.29) is 15.7 Å². The number of nitrogens with zero attached hydrogens (tertiary/aromatic N) is 3. The van der Waals surface area contributed by atoms with Gasteiger partial charge in [-0.15, -0.1) is 10.2 Å². The molecule has 0 atom stereocenters. The molecule has 2 rings (SSSR count). The van der Waals surface area contributed by atoms with Gasteiger partial charge in [0.1, 0.15) is 5.75 Å². The first-order valence-corrected chi connectivity index (χ1v) is 9.64. The maximum Gasteiger partial charge on any atom is 0.263 e. The Kier molecular flexibility index (Phi) is 6.44. The minimum atomic E-state index is -3.81. The van der Waals surface area contributed by atoms with Crippen molar-refractivity contribution in [1.82, 2.24) is 10.2 Å². The number of hydrogen-bond acceptors (Lipinski definition) is 6. The van der Waals surface area contributed by atoms with E-state index >= 15 is 0 Å². The highest BCUT2D eigenvalue weighted by molar-refractivity contribution is 7.92. The van der Waals surface area contributed by atoms with Crippen LogP contribution in [0, 0.1) is 0 Å². The number of aromatic nitrogens is 2. The van der Waals surface area contributed by atoms with Crippen molar-refractivity contribution in [3.63, 3.8) is 0 Å². The second-order valence-corrected chi connectivity index (χ2v) is 7.54. The van der Waals surface area contributed by atoms with Gasteiger partial charge in [0.25, 0.3) is 10.0 Å². The molecular weight excluding hydrogens is 364 g/mol. The molecule has 0 aliphatic carbocycles. The average Bonchev–Trinajstić information content (AvgIpc) is 2.59. The van der Waals surface area contributed by atoms with E-state index in [1.165, 1.54) is 25.3 Å². The SMILES string of the molecule is CCCCN(C)c1ccc(NS(=O)(=O)c2ccc(OC)c(Cl)c2)nn1. The largest absolute Gasteiger partial charge is 0.495 e. The summed E-state index contributed by atoms with van der Waals surface area (Å²) in [6.07, 6.45) is 2.13. The Labute approximate surface area is 153 Å². The fourth-order valence-electron chi connectivity index (χ4n) is 2.10. The summed E-state index contributed by atoms with van der Waals surface area (Å²) >= 11 is 5.99. The van der Waals surface area contributed by atoms with Crippen LogP contribution in [0.15, 0.2) is 35.2 Å². The number of methoxy groups -OCH3 is 1. The Balaban J connectivity index is 2.14. The molecule has 25 heavy (non-hydrogen) atoms. The molecule has 9 heteroatoms. The summed E-state index contributed by atoms with van der Waals surface area (Å²) in [6, 6.07) is 7.53. The molecule has 1 heterocycles. The normalized spacial score (nSPS) is 11.2. The van der Waals surface area contributed by atoms with E-state index < -0.39 is 10.0 Å². The highest BCUT2D eigenvalue weighted by Crippen LogP contribution is 2.27. The van der Waals surface area contributed by atoms with Crippen molar-refractivity contribution < 1.29 is 13.2 Å². The van der Waals surface area contributed by atoms with Crippen LogP contribution < -0.4 is 14.4 Å². The molecule has 2 aromatic rings. The minimum Gasteiger partial charge on any atom is -0.495 e. The molecule has 0 fully saturated rings. The Hall–Kier alpha value is -2.06. The summed E-state index contributed by atoms with van der Waals surface area (Å²) in [5.74, 6) is 1.23. The Bertz CT molecular complexity index is 813. The van der Waals surface area contributed by atoms with Crippen LogP contribution >= 0.6 is 11.6 Å². The quantitative estimate of drug-likeness (QED) is 0.752. The van der Waals surface area contributed by atoms with Crippen molar-refractivity contribution in [3.05, 3.63) is 35.4 Å². The van der Waals surface area contributed by atoms with E-state index in [1.807, 2.05) is 11.9 Å². The van der Waals surface area contributed by atoms with Crippen LogP contribution in [0.1, 0.15) is 19.8 Å². The Morgan fingerprint density at radius 3 is 2.56 bits per heavy atom. The zero-order chi connectivity index (χ0) is 18.4. The maximum absolute atomic E-state index is 12.4. The molecule has 0 aliphatic heterocycles. The Morgan fingerprint density at radius 2 is 2.00 bits per heavy atom. The van der Waals surface area contributed by atoms with Gasteiger partial charge in [0.2, 0.25) is 0 Å². The van der Waals surface area contributed by atoms with Gasteiger partial charge in [-0.2, -0.15) is 0 Å². The molecule has 0 saturated heterocycles. The maximum atomic E-state index is 12.4. The zero-order valence-electron chi connectivity index (χ0n) is 14.4. The van der Waals surface area contributed by atoms with Crippen molar-refractivity contribution in [2.75, 3.05) is 30.3 Å². The van der Waals surface area contributed by atoms with Crippen LogP contribution in [0.2, 0.25) is 5.02 Å². The summed E-state index contributed by atoms with van der Waals surface area (Å²) in [6.45, 7) is 2.98. The summed E-state index contributed by atoms with van der Waals surface area (Å²) in [5.41, 5.74) is 0. The minimum absolute atomic E-state index is 0.0178. The van der Waals surface area contributed by atoms with Gasteiger partial charge in [0.15, 0.2) is 11.6 Å². The molecule has 0 spiro atoms. The van der Waals surface area contributed by atoms with Crippen molar-refractivity contribution in [2.24, 2.45) is 0 Å².